The van der Waals surface area contributed by atoms with Gasteiger partial charge in [-0.2, -0.15) is 13.2 Å². The molecule has 39 heavy (non-hydrogen) atoms. The molecule has 6 nitrogen and oxygen atoms in total. The number of ether oxygens (including phenoxy) is 4. The van der Waals surface area contributed by atoms with Crippen molar-refractivity contribution in [3.8, 4) is 11.5 Å². The maximum absolute atomic E-state index is 12.6. The number of carbonyl (C=O) groups excluding carboxylic acids is 2. The highest BCUT2D eigenvalue weighted by atomic mass is 19.4. The quantitative estimate of drug-likeness (QED) is 0.104. The zero-order valence-corrected chi connectivity index (χ0v) is 24.2. The second-order valence-corrected chi connectivity index (χ2v) is 10.7. The molecule has 0 aliphatic heterocycles. The molecule has 0 fully saturated rings. The fourth-order valence-corrected chi connectivity index (χ4v) is 4.10. The normalized spacial score (nSPS) is 13.5. The van der Waals surface area contributed by atoms with Crippen molar-refractivity contribution in [3.05, 3.63) is 29.8 Å². The van der Waals surface area contributed by atoms with Crippen LogP contribution in [0, 0.1) is 17.3 Å². The van der Waals surface area contributed by atoms with Crippen molar-refractivity contribution >= 4 is 18.0 Å². The molecular formula is C30H45F3O6. The molecule has 0 aliphatic rings. The van der Waals surface area contributed by atoms with E-state index in [9.17, 15) is 22.8 Å². The Bertz CT molecular complexity index is 910. The largest absolute Gasteiger partial charge is 0.493 e. The lowest BCUT2D eigenvalue weighted by Crippen LogP contribution is -2.36. The summed E-state index contributed by atoms with van der Waals surface area (Å²) < 4.78 is 57.2. The Morgan fingerprint density at radius 2 is 1.51 bits per heavy atom. The summed E-state index contributed by atoms with van der Waals surface area (Å²) >= 11 is 0. The highest BCUT2D eigenvalue weighted by Gasteiger charge is 2.38. The van der Waals surface area contributed by atoms with Gasteiger partial charge in [-0.15, -0.1) is 0 Å². The fraction of sp³-hybridized carbons (Fsp3) is 0.667. The number of methoxy groups -OCH3 is 1. The lowest BCUT2D eigenvalue weighted by Gasteiger charge is -2.32. The third-order valence-corrected chi connectivity index (χ3v) is 6.58. The van der Waals surface area contributed by atoms with E-state index in [4.69, 9.17) is 14.2 Å². The molecular weight excluding hydrogens is 513 g/mol. The summed E-state index contributed by atoms with van der Waals surface area (Å²) in [6.07, 6.45) is 4.38. The van der Waals surface area contributed by atoms with Crippen LogP contribution in [0.15, 0.2) is 24.3 Å². The van der Waals surface area contributed by atoms with Crippen molar-refractivity contribution in [2.24, 2.45) is 17.3 Å². The summed E-state index contributed by atoms with van der Waals surface area (Å²) in [6.45, 7) is 9.75. The molecule has 0 spiro atoms. The third kappa shape index (κ3) is 13.8. The zero-order valence-electron chi connectivity index (χ0n) is 24.2. The minimum atomic E-state index is -4.56. The predicted molar refractivity (Wildman–Crippen MR) is 146 cm³/mol. The van der Waals surface area contributed by atoms with Gasteiger partial charge in [0.25, 0.3) is 0 Å². The number of alkyl halides is 3. The number of unbranched alkanes of at least 4 members (excludes halogenated alkanes) is 5. The van der Waals surface area contributed by atoms with Gasteiger partial charge < -0.3 is 18.9 Å². The fourth-order valence-electron chi connectivity index (χ4n) is 4.10. The van der Waals surface area contributed by atoms with E-state index in [-0.39, 0.29) is 11.9 Å². The van der Waals surface area contributed by atoms with E-state index in [0.717, 1.165) is 51.0 Å². The van der Waals surface area contributed by atoms with Gasteiger partial charge in [0.05, 0.1) is 25.7 Å². The number of hydrogen-bond acceptors (Lipinski definition) is 6. The molecule has 1 aromatic carbocycles. The molecule has 0 bridgehead atoms. The molecule has 1 atom stereocenters. The first-order valence-electron chi connectivity index (χ1n) is 13.7. The summed E-state index contributed by atoms with van der Waals surface area (Å²) in [5, 5.41) is 0. The number of rotatable bonds is 18. The summed E-state index contributed by atoms with van der Waals surface area (Å²) in [4.78, 5) is 24.1. The van der Waals surface area contributed by atoms with E-state index >= 15 is 0 Å². The molecule has 222 valence electrons. The predicted octanol–water partition coefficient (Wildman–Crippen LogP) is 7.78. The average molecular weight is 559 g/mol. The Morgan fingerprint density at radius 1 is 0.897 bits per heavy atom. The van der Waals surface area contributed by atoms with Crippen LogP contribution in [-0.4, -0.2) is 45.0 Å². The van der Waals surface area contributed by atoms with Crippen molar-refractivity contribution in [1.29, 1.82) is 0 Å². The van der Waals surface area contributed by atoms with E-state index in [0.29, 0.717) is 36.2 Å². The number of hydrogen-bond donors (Lipinski definition) is 0. The van der Waals surface area contributed by atoms with E-state index < -0.39 is 24.2 Å². The number of halogens is 3. The van der Waals surface area contributed by atoms with Crippen LogP contribution >= 0.6 is 0 Å². The van der Waals surface area contributed by atoms with Crippen molar-refractivity contribution in [1.82, 2.24) is 0 Å². The second kappa shape index (κ2) is 17.1. The van der Waals surface area contributed by atoms with Gasteiger partial charge in [-0.05, 0) is 61.8 Å². The zero-order chi connectivity index (χ0) is 29.5. The van der Waals surface area contributed by atoms with Crippen molar-refractivity contribution < 1.29 is 41.7 Å². The van der Waals surface area contributed by atoms with Crippen LogP contribution in [0.1, 0.15) is 85.1 Å². The topological polar surface area (TPSA) is 71.1 Å². The molecule has 0 saturated carbocycles. The van der Waals surface area contributed by atoms with Gasteiger partial charge in [0, 0.05) is 6.08 Å². The number of carbonyl (C=O) groups is 2. The van der Waals surface area contributed by atoms with E-state index in [1.165, 1.54) is 13.2 Å². The molecule has 1 unspecified atom stereocenters. The van der Waals surface area contributed by atoms with E-state index in [2.05, 4.69) is 32.4 Å². The van der Waals surface area contributed by atoms with E-state index in [1.807, 2.05) is 6.92 Å². The Balaban J connectivity index is 2.29. The van der Waals surface area contributed by atoms with Crippen LogP contribution in [0.3, 0.4) is 0 Å². The number of esters is 2. The summed E-state index contributed by atoms with van der Waals surface area (Å²) in [5.41, 5.74) is 0.115. The average Bonchev–Trinajstić information content (AvgIpc) is 2.86. The molecule has 0 N–H and O–H groups in total. The van der Waals surface area contributed by atoms with Gasteiger partial charge in [-0.3, -0.25) is 4.79 Å². The highest BCUT2D eigenvalue weighted by Crippen LogP contribution is 2.35. The van der Waals surface area contributed by atoms with Crippen LogP contribution in [0.4, 0.5) is 13.2 Å². The number of benzene rings is 1. The van der Waals surface area contributed by atoms with Crippen LogP contribution < -0.4 is 9.47 Å². The molecule has 0 amide bonds. The summed E-state index contributed by atoms with van der Waals surface area (Å²) in [6, 6.07) is 4.99. The van der Waals surface area contributed by atoms with Crippen LogP contribution in [0.25, 0.3) is 6.08 Å². The standard InChI is InChI=1S/C30H45F3O6/c1-22(2)20-29(5,23(3)4)28(35)38-18-12-10-8-7-9-11-17-37-25-15-13-24(19-26(25)36-6)14-16-27(34)39-21-30(31,32)33/h13-16,19,22-23H,7-12,17-18,20-21H2,1-6H3/b16-14+. The first kappa shape index (κ1) is 34.3. The van der Waals surface area contributed by atoms with Gasteiger partial charge in [0.1, 0.15) is 0 Å². The molecule has 9 heteroatoms. The van der Waals surface area contributed by atoms with Gasteiger partial charge in [-0.1, -0.05) is 59.4 Å². The molecule has 1 aromatic rings. The van der Waals surface area contributed by atoms with Crippen molar-refractivity contribution in [3.63, 3.8) is 0 Å². The Morgan fingerprint density at radius 3 is 2.08 bits per heavy atom. The lowest BCUT2D eigenvalue weighted by atomic mass is 9.73. The molecule has 0 saturated heterocycles. The Kier molecular flexibility index (Phi) is 15.0. The van der Waals surface area contributed by atoms with Gasteiger partial charge in [-0.25, -0.2) is 4.79 Å². The van der Waals surface area contributed by atoms with Crippen LogP contribution in [0.5, 0.6) is 11.5 Å². The Labute approximate surface area is 231 Å². The second-order valence-electron chi connectivity index (χ2n) is 10.7. The molecule has 0 aromatic heterocycles. The smallest absolute Gasteiger partial charge is 0.422 e. The van der Waals surface area contributed by atoms with Crippen molar-refractivity contribution in [2.75, 3.05) is 26.9 Å². The van der Waals surface area contributed by atoms with Gasteiger partial charge >= 0.3 is 18.1 Å². The third-order valence-electron chi connectivity index (χ3n) is 6.58. The molecule has 0 aliphatic carbocycles. The lowest BCUT2D eigenvalue weighted by molar-refractivity contribution is -0.182. The highest BCUT2D eigenvalue weighted by molar-refractivity contribution is 5.87. The van der Waals surface area contributed by atoms with E-state index in [1.54, 1.807) is 18.2 Å². The maximum Gasteiger partial charge on any atom is 0.422 e. The summed E-state index contributed by atoms with van der Waals surface area (Å²) in [7, 11) is 1.48. The van der Waals surface area contributed by atoms with Gasteiger partial charge in [0.2, 0.25) is 0 Å². The minimum absolute atomic E-state index is 0.0914. The maximum atomic E-state index is 12.6. The molecule has 0 heterocycles. The molecule has 0 radical (unpaired) electrons. The minimum Gasteiger partial charge on any atom is -0.493 e. The Hall–Kier alpha value is -2.71. The molecule has 1 rings (SSSR count). The van der Waals surface area contributed by atoms with Crippen LogP contribution in [-0.2, 0) is 19.1 Å². The van der Waals surface area contributed by atoms with Gasteiger partial charge in [0.15, 0.2) is 18.1 Å². The SMILES string of the molecule is COc1cc(/C=C/C(=O)OCC(F)(F)F)ccc1OCCCCCCCCOC(=O)C(C)(CC(C)C)C(C)C. The van der Waals surface area contributed by atoms with Crippen LogP contribution in [0.2, 0.25) is 0 Å². The van der Waals surface area contributed by atoms with Crippen molar-refractivity contribution in [2.45, 2.75) is 85.7 Å². The monoisotopic (exact) mass is 558 g/mol. The first-order valence-corrected chi connectivity index (χ1v) is 13.7. The first-order chi connectivity index (χ1) is 18.3. The summed E-state index contributed by atoms with van der Waals surface area (Å²) in [5.74, 6) is 0.495.